The highest BCUT2D eigenvalue weighted by Crippen LogP contribution is 2.25. The Bertz CT molecular complexity index is 895. The number of carboxylic acid groups (broad SMARTS) is 1. The van der Waals surface area contributed by atoms with Gasteiger partial charge in [-0.05, 0) is 58.5 Å². The maximum Gasteiger partial charge on any atom is 0.328 e. The van der Waals surface area contributed by atoms with Gasteiger partial charge >= 0.3 is 5.97 Å². The highest BCUT2D eigenvalue weighted by Gasteiger charge is 2.07. The molecule has 0 spiro atoms. The number of carbonyl (C=O) groups is 1. The van der Waals surface area contributed by atoms with Gasteiger partial charge in [0.15, 0.2) is 0 Å². The first-order chi connectivity index (χ1) is 11.6. The highest BCUT2D eigenvalue weighted by molar-refractivity contribution is 6.30. The third-order valence-electron chi connectivity index (χ3n) is 4.01. The van der Waals surface area contributed by atoms with E-state index in [-0.39, 0.29) is 0 Å². The molecule has 0 aromatic heterocycles. The van der Waals surface area contributed by atoms with Crippen LogP contribution in [0, 0.1) is 0 Å². The van der Waals surface area contributed by atoms with E-state index in [1.807, 2.05) is 66.7 Å². The molecule has 2 nitrogen and oxygen atoms in total. The Hall–Kier alpha value is -2.58. The number of aryl methyl sites for hydroxylation is 1. The van der Waals surface area contributed by atoms with Crippen LogP contribution in [0.5, 0.6) is 0 Å². The molecule has 0 unspecified atom stereocenters. The van der Waals surface area contributed by atoms with E-state index in [0.717, 1.165) is 33.9 Å². The van der Waals surface area contributed by atoms with E-state index < -0.39 is 5.97 Å². The van der Waals surface area contributed by atoms with Crippen molar-refractivity contribution >= 4 is 33.9 Å². The van der Waals surface area contributed by atoms with Gasteiger partial charge in [0.25, 0.3) is 0 Å². The van der Waals surface area contributed by atoms with E-state index >= 15 is 0 Å². The largest absolute Gasteiger partial charge is 0.478 e. The van der Waals surface area contributed by atoms with Gasteiger partial charge in [-0.2, -0.15) is 0 Å². The van der Waals surface area contributed by atoms with Gasteiger partial charge in [-0.15, -0.1) is 0 Å². The van der Waals surface area contributed by atoms with Crippen molar-refractivity contribution in [3.8, 4) is 0 Å². The summed E-state index contributed by atoms with van der Waals surface area (Å²) in [6, 6.07) is 21.8. The average molecular weight is 337 g/mol. The number of carboxylic acids is 1. The Morgan fingerprint density at radius 3 is 2.38 bits per heavy atom. The van der Waals surface area contributed by atoms with Gasteiger partial charge < -0.3 is 5.11 Å². The minimum Gasteiger partial charge on any atom is -0.478 e. The first-order valence-electron chi connectivity index (χ1n) is 7.79. The minimum atomic E-state index is -0.922. The van der Waals surface area contributed by atoms with Gasteiger partial charge in [-0.1, -0.05) is 60.1 Å². The quantitative estimate of drug-likeness (QED) is 0.616. The molecule has 0 amide bonds. The first kappa shape index (κ1) is 16.3. The molecule has 0 saturated heterocycles. The van der Waals surface area contributed by atoms with Gasteiger partial charge in [0.1, 0.15) is 0 Å². The molecular formula is C21H17ClO2. The zero-order valence-corrected chi connectivity index (χ0v) is 13.8. The summed E-state index contributed by atoms with van der Waals surface area (Å²) in [6.45, 7) is 0. The third-order valence-corrected chi connectivity index (χ3v) is 4.27. The topological polar surface area (TPSA) is 37.3 Å². The van der Waals surface area contributed by atoms with Crippen molar-refractivity contribution < 1.29 is 9.90 Å². The van der Waals surface area contributed by atoms with Crippen molar-refractivity contribution in [1.29, 1.82) is 0 Å². The van der Waals surface area contributed by atoms with E-state index in [4.69, 9.17) is 11.6 Å². The Morgan fingerprint density at radius 1 is 0.958 bits per heavy atom. The summed E-state index contributed by atoms with van der Waals surface area (Å²) in [7, 11) is 0. The van der Waals surface area contributed by atoms with Crippen LogP contribution in [-0.2, 0) is 11.2 Å². The second-order valence-electron chi connectivity index (χ2n) is 5.70. The van der Waals surface area contributed by atoms with E-state index in [1.165, 1.54) is 6.08 Å². The van der Waals surface area contributed by atoms with Gasteiger partial charge in [-0.3, -0.25) is 0 Å². The smallest absolute Gasteiger partial charge is 0.328 e. The maximum atomic E-state index is 11.2. The molecule has 3 aromatic carbocycles. The molecule has 0 aliphatic rings. The predicted octanol–water partition coefficient (Wildman–Crippen LogP) is 5.59. The van der Waals surface area contributed by atoms with Crippen LogP contribution in [-0.4, -0.2) is 11.1 Å². The Labute approximate surface area is 146 Å². The fraction of sp³-hybridized carbons (Fsp3) is 0.0952. The Kier molecular flexibility index (Phi) is 4.97. The number of hydrogen-bond donors (Lipinski definition) is 1. The van der Waals surface area contributed by atoms with Crippen molar-refractivity contribution in [2.75, 3.05) is 0 Å². The summed E-state index contributed by atoms with van der Waals surface area (Å²) >= 11 is 5.91. The number of hydrogen-bond acceptors (Lipinski definition) is 1. The minimum absolute atomic E-state index is 0.659. The molecule has 0 aliphatic carbocycles. The summed E-state index contributed by atoms with van der Waals surface area (Å²) in [6.07, 6.45) is 2.73. The molecule has 0 bridgehead atoms. The summed E-state index contributed by atoms with van der Waals surface area (Å²) in [5.74, 6) is -0.922. The number of halogens is 1. The second kappa shape index (κ2) is 7.33. The van der Waals surface area contributed by atoms with Crippen LogP contribution >= 0.6 is 11.6 Å². The molecule has 3 rings (SSSR count). The van der Waals surface area contributed by atoms with Gasteiger partial charge in [-0.25, -0.2) is 4.79 Å². The molecule has 0 atom stereocenters. The van der Waals surface area contributed by atoms with Crippen LogP contribution in [0.2, 0.25) is 5.02 Å². The normalized spacial score (nSPS) is 11.6. The number of aliphatic carboxylic acids is 1. The zero-order chi connectivity index (χ0) is 16.9. The van der Waals surface area contributed by atoms with Crippen molar-refractivity contribution in [3.05, 3.63) is 89.0 Å². The molecule has 3 heteroatoms. The molecule has 120 valence electrons. The van der Waals surface area contributed by atoms with Crippen molar-refractivity contribution in [3.63, 3.8) is 0 Å². The summed E-state index contributed by atoms with van der Waals surface area (Å²) in [5.41, 5.74) is 2.91. The van der Waals surface area contributed by atoms with Crippen LogP contribution in [0.3, 0.4) is 0 Å². The molecule has 0 saturated carbocycles. The fourth-order valence-electron chi connectivity index (χ4n) is 2.77. The number of rotatable bonds is 5. The maximum absolute atomic E-state index is 11.2. The standard InChI is InChI=1S/C21H17ClO2/c22-20-11-6-15(7-12-20)5-8-19(14-21(23)24)18-10-9-16-3-1-2-4-17(16)13-18/h1-4,6-7,9-14H,5,8H2,(H,23,24)/b19-14+. The zero-order valence-electron chi connectivity index (χ0n) is 13.1. The molecule has 3 aromatic rings. The molecular weight excluding hydrogens is 320 g/mol. The lowest BCUT2D eigenvalue weighted by Crippen LogP contribution is -1.95. The monoisotopic (exact) mass is 336 g/mol. The molecule has 0 fully saturated rings. The number of fused-ring (bicyclic) bond motifs is 1. The van der Waals surface area contributed by atoms with Gasteiger partial charge in [0.05, 0.1) is 0 Å². The molecule has 0 heterocycles. The van der Waals surface area contributed by atoms with Crippen LogP contribution in [0.15, 0.2) is 72.8 Å². The van der Waals surface area contributed by atoms with Crippen LogP contribution in [0.25, 0.3) is 16.3 Å². The van der Waals surface area contributed by atoms with Crippen molar-refractivity contribution in [2.45, 2.75) is 12.8 Å². The molecule has 24 heavy (non-hydrogen) atoms. The molecule has 0 radical (unpaired) electrons. The Morgan fingerprint density at radius 2 is 1.67 bits per heavy atom. The summed E-state index contributed by atoms with van der Waals surface area (Å²) < 4.78 is 0. The average Bonchev–Trinajstić information content (AvgIpc) is 2.59. The molecule has 1 N–H and O–H groups in total. The van der Waals surface area contributed by atoms with Crippen LogP contribution in [0.1, 0.15) is 17.5 Å². The fourth-order valence-corrected chi connectivity index (χ4v) is 2.89. The lowest BCUT2D eigenvalue weighted by Gasteiger charge is -2.09. The molecule has 0 aliphatic heterocycles. The lowest BCUT2D eigenvalue weighted by atomic mass is 9.96. The van der Waals surface area contributed by atoms with E-state index in [1.54, 1.807) is 0 Å². The summed E-state index contributed by atoms with van der Waals surface area (Å²) in [4.78, 5) is 11.2. The number of benzene rings is 3. The van der Waals surface area contributed by atoms with Crippen molar-refractivity contribution in [2.24, 2.45) is 0 Å². The van der Waals surface area contributed by atoms with Gasteiger partial charge in [0, 0.05) is 11.1 Å². The Balaban J connectivity index is 1.87. The third kappa shape index (κ3) is 4.03. The van der Waals surface area contributed by atoms with Crippen LogP contribution in [0.4, 0.5) is 0 Å². The van der Waals surface area contributed by atoms with E-state index in [9.17, 15) is 9.90 Å². The first-order valence-corrected chi connectivity index (χ1v) is 8.17. The second-order valence-corrected chi connectivity index (χ2v) is 6.13. The SMILES string of the molecule is O=C(O)/C=C(\CCc1ccc(Cl)cc1)c1ccc2ccccc2c1. The van der Waals surface area contributed by atoms with Crippen LogP contribution < -0.4 is 0 Å². The van der Waals surface area contributed by atoms with E-state index in [0.29, 0.717) is 11.4 Å². The van der Waals surface area contributed by atoms with E-state index in [2.05, 4.69) is 0 Å². The highest BCUT2D eigenvalue weighted by atomic mass is 35.5. The predicted molar refractivity (Wildman–Crippen MR) is 99.3 cm³/mol. The summed E-state index contributed by atoms with van der Waals surface area (Å²) in [5, 5.41) is 12.2. The van der Waals surface area contributed by atoms with Crippen molar-refractivity contribution in [1.82, 2.24) is 0 Å². The van der Waals surface area contributed by atoms with Gasteiger partial charge in [0.2, 0.25) is 0 Å². The lowest BCUT2D eigenvalue weighted by molar-refractivity contribution is -0.131. The number of allylic oxidation sites excluding steroid dienone is 1.